The molecule has 0 saturated carbocycles. The Morgan fingerprint density at radius 2 is 2.21 bits per heavy atom. The fraction of sp³-hybridized carbons (Fsp3) is 0.214. The SMILES string of the molecule is Cc1ccc2cc(C3=NOC(C(=O)O)C3)ccc2n1. The van der Waals surface area contributed by atoms with E-state index in [1.165, 1.54) is 0 Å². The van der Waals surface area contributed by atoms with Crippen LogP contribution in [0.25, 0.3) is 10.9 Å². The smallest absolute Gasteiger partial charge is 0.348 e. The Bertz CT molecular complexity index is 694. The van der Waals surface area contributed by atoms with Gasteiger partial charge < -0.3 is 9.94 Å². The number of aryl methyl sites for hydroxylation is 1. The van der Waals surface area contributed by atoms with Gasteiger partial charge in [0.15, 0.2) is 0 Å². The Morgan fingerprint density at radius 1 is 1.37 bits per heavy atom. The minimum atomic E-state index is -0.989. The van der Waals surface area contributed by atoms with E-state index in [4.69, 9.17) is 9.94 Å². The zero-order chi connectivity index (χ0) is 13.4. The first kappa shape index (κ1) is 11.6. The topological polar surface area (TPSA) is 71.8 Å². The molecular weight excluding hydrogens is 244 g/mol. The van der Waals surface area contributed by atoms with Crippen molar-refractivity contribution >= 4 is 22.6 Å². The summed E-state index contributed by atoms with van der Waals surface area (Å²) in [5.41, 5.74) is 3.42. The van der Waals surface area contributed by atoms with E-state index in [1.807, 2.05) is 37.3 Å². The van der Waals surface area contributed by atoms with Crippen molar-refractivity contribution in [2.45, 2.75) is 19.4 Å². The molecule has 2 heterocycles. The molecule has 0 spiro atoms. The third kappa shape index (κ3) is 2.14. The number of fused-ring (bicyclic) bond motifs is 1. The van der Waals surface area contributed by atoms with Crippen LogP contribution in [0.1, 0.15) is 17.7 Å². The van der Waals surface area contributed by atoms with Crippen molar-refractivity contribution in [3.8, 4) is 0 Å². The van der Waals surface area contributed by atoms with Gasteiger partial charge in [0.25, 0.3) is 0 Å². The van der Waals surface area contributed by atoms with Crippen molar-refractivity contribution < 1.29 is 14.7 Å². The number of pyridine rings is 1. The number of carboxylic acid groups (broad SMARTS) is 1. The van der Waals surface area contributed by atoms with Crippen LogP contribution in [0, 0.1) is 6.92 Å². The van der Waals surface area contributed by atoms with E-state index in [2.05, 4.69) is 10.1 Å². The first-order valence-electron chi connectivity index (χ1n) is 5.97. The van der Waals surface area contributed by atoms with Gasteiger partial charge in [0.2, 0.25) is 6.10 Å². The summed E-state index contributed by atoms with van der Waals surface area (Å²) in [4.78, 5) is 20.1. The number of hydrogen-bond donors (Lipinski definition) is 1. The minimum absolute atomic E-state index is 0.292. The average Bonchev–Trinajstić information content (AvgIpc) is 2.88. The van der Waals surface area contributed by atoms with Crippen LogP contribution < -0.4 is 0 Å². The molecule has 0 saturated heterocycles. The van der Waals surface area contributed by atoms with E-state index in [0.717, 1.165) is 22.2 Å². The summed E-state index contributed by atoms with van der Waals surface area (Å²) < 4.78 is 0. The fourth-order valence-corrected chi connectivity index (χ4v) is 2.09. The van der Waals surface area contributed by atoms with Gasteiger partial charge in [-0.25, -0.2) is 4.79 Å². The number of nitrogens with zero attached hydrogens (tertiary/aromatic N) is 2. The Morgan fingerprint density at radius 3 is 2.95 bits per heavy atom. The monoisotopic (exact) mass is 256 g/mol. The molecule has 1 unspecified atom stereocenters. The van der Waals surface area contributed by atoms with Gasteiger partial charge in [0, 0.05) is 23.1 Å². The van der Waals surface area contributed by atoms with Gasteiger partial charge in [0.05, 0.1) is 11.2 Å². The lowest BCUT2D eigenvalue weighted by atomic mass is 10.0. The second-order valence-corrected chi connectivity index (χ2v) is 4.53. The number of rotatable bonds is 2. The quantitative estimate of drug-likeness (QED) is 0.893. The molecule has 1 N–H and O–H groups in total. The van der Waals surface area contributed by atoms with Crippen molar-refractivity contribution in [3.63, 3.8) is 0 Å². The molecule has 0 fully saturated rings. The van der Waals surface area contributed by atoms with Gasteiger partial charge in [-0.05, 0) is 25.1 Å². The van der Waals surface area contributed by atoms with Gasteiger partial charge in [-0.15, -0.1) is 0 Å². The second-order valence-electron chi connectivity index (χ2n) is 4.53. The zero-order valence-corrected chi connectivity index (χ0v) is 10.3. The van der Waals surface area contributed by atoms with E-state index < -0.39 is 12.1 Å². The maximum Gasteiger partial charge on any atom is 0.348 e. The molecule has 96 valence electrons. The lowest BCUT2D eigenvalue weighted by Crippen LogP contribution is -2.19. The van der Waals surface area contributed by atoms with Gasteiger partial charge >= 0.3 is 5.97 Å². The Kier molecular flexibility index (Phi) is 2.67. The first-order chi connectivity index (χ1) is 9.13. The van der Waals surface area contributed by atoms with Crippen LogP contribution >= 0.6 is 0 Å². The highest BCUT2D eigenvalue weighted by Gasteiger charge is 2.28. The van der Waals surface area contributed by atoms with E-state index in [9.17, 15) is 4.79 Å². The van der Waals surface area contributed by atoms with Gasteiger partial charge in [-0.2, -0.15) is 0 Å². The molecule has 0 bridgehead atoms. The van der Waals surface area contributed by atoms with E-state index in [1.54, 1.807) is 0 Å². The van der Waals surface area contributed by atoms with Gasteiger partial charge in [-0.3, -0.25) is 4.98 Å². The molecule has 0 radical (unpaired) electrons. The maximum absolute atomic E-state index is 10.8. The molecule has 0 aliphatic carbocycles. The summed E-state index contributed by atoms with van der Waals surface area (Å²) in [6.07, 6.45) is -0.582. The van der Waals surface area contributed by atoms with E-state index >= 15 is 0 Å². The molecular formula is C14H12N2O3. The van der Waals surface area contributed by atoms with Crippen LogP contribution in [-0.2, 0) is 9.63 Å². The predicted molar refractivity (Wildman–Crippen MR) is 70.1 cm³/mol. The Hall–Kier alpha value is -2.43. The maximum atomic E-state index is 10.8. The molecule has 1 atom stereocenters. The van der Waals surface area contributed by atoms with Crippen LogP contribution in [0.2, 0.25) is 0 Å². The highest BCUT2D eigenvalue weighted by molar-refractivity contribution is 6.05. The lowest BCUT2D eigenvalue weighted by molar-refractivity contribution is -0.148. The number of aliphatic carboxylic acids is 1. The van der Waals surface area contributed by atoms with Crippen molar-refractivity contribution in [1.29, 1.82) is 0 Å². The van der Waals surface area contributed by atoms with Crippen molar-refractivity contribution in [1.82, 2.24) is 4.98 Å². The highest BCUT2D eigenvalue weighted by atomic mass is 16.7. The third-order valence-corrected chi connectivity index (χ3v) is 3.11. The average molecular weight is 256 g/mol. The predicted octanol–water partition coefficient (Wildman–Crippen LogP) is 2.12. The number of aromatic nitrogens is 1. The zero-order valence-electron chi connectivity index (χ0n) is 10.3. The normalized spacial score (nSPS) is 18.2. The van der Waals surface area contributed by atoms with Crippen LogP contribution in [0.4, 0.5) is 0 Å². The first-order valence-corrected chi connectivity index (χ1v) is 5.97. The molecule has 1 aliphatic rings. The number of benzene rings is 1. The lowest BCUT2D eigenvalue weighted by Gasteiger charge is -2.03. The summed E-state index contributed by atoms with van der Waals surface area (Å²) in [5, 5.41) is 13.7. The minimum Gasteiger partial charge on any atom is -0.478 e. The largest absolute Gasteiger partial charge is 0.478 e. The van der Waals surface area contributed by atoms with Gasteiger partial charge in [-0.1, -0.05) is 17.3 Å². The molecule has 2 aromatic rings. The van der Waals surface area contributed by atoms with Crippen molar-refractivity contribution in [2.24, 2.45) is 5.16 Å². The number of carbonyl (C=O) groups is 1. The summed E-state index contributed by atoms with van der Waals surface area (Å²) in [5.74, 6) is -0.989. The molecule has 19 heavy (non-hydrogen) atoms. The highest BCUT2D eigenvalue weighted by Crippen LogP contribution is 2.20. The second kappa shape index (κ2) is 4.35. The number of oxime groups is 1. The standard InChI is InChI=1S/C14H12N2O3/c1-8-2-3-9-6-10(4-5-11(9)15-8)12-7-13(14(17)18)19-16-12/h2-6,13H,7H2,1H3,(H,17,18). The van der Waals surface area contributed by atoms with Crippen LogP contribution in [-0.4, -0.2) is 27.9 Å². The Labute approximate surface area is 109 Å². The summed E-state index contributed by atoms with van der Waals surface area (Å²) in [6, 6.07) is 9.69. The number of carboxylic acids is 1. The molecule has 5 heteroatoms. The molecule has 0 amide bonds. The van der Waals surface area contributed by atoms with Crippen LogP contribution in [0.5, 0.6) is 0 Å². The van der Waals surface area contributed by atoms with E-state index in [-0.39, 0.29) is 0 Å². The molecule has 1 aliphatic heterocycles. The van der Waals surface area contributed by atoms with Crippen LogP contribution in [0.3, 0.4) is 0 Å². The molecule has 3 rings (SSSR count). The van der Waals surface area contributed by atoms with E-state index in [0.29, 0.717) is 12.1 Å². The third-order valence-electron chi connectivity index (χ3n) is 3.11. The fourth-order valence-electron chi connectivity index (χ4n) is 2.09. The molecule has 1 aromatic carbocycles. The summed E-state index contributed by atoms with van der Waals surface area (Å²) in [7, 11) is 0. The van der Waals surface area contributed by atoms with Gasteiger partial charge in [0.1, 0.15) is 0 Å². The molecule has 5 nitrogen and oxygen atoms in total. The summed E-state index contributed by atoms with van der Waals surface area (Å²) in [6.45, 7) is 1.94. The van der Waals surface area contributed by atoms with Crippen molar-refractivity contribution in [2.75, 3.05) is 0 Å². The van der Waals surface area contributed by atoms with Crippen molar-refractivity contribution in [3.05, 3.63) is 41.6 Å². The number of hydrogen-bond acceptors (Lipinski definition) is 4. The Balaban J connectivity index is 1.94. The van der Waals surface area contributed by atoms with Crippen LogP contribution in [0.15, 0.2) is 35.5 Å². The summed E-state index contributed by atoms with van der Waals surface area (Å²) >= 11 is 0. The molecule has 1 aromatic heterocycles.